The molecule has 0 atom stereocenters. The summed E-state index contributed by atoms with van der Waals surface area (Å²) in [5, 5.41) is 19.2. The van der Waals surface area contributed by atoms with E-state index in [1.165, 1.54) is 4.88 Å². The molecule has 15 nitrogen and oxygen atoms in total. The fourth-order valence-electron chi connectivity index (χ4n) is 9.78. The molecule has 0 radical (unpaired) electrons. The highest BCUT2D eigenvalue weighted by Gasteiger charge is 2.41. The minimum atomic E-state index is -0.718. The molecule has 1 fully saturated rings. The van der Waals surface area contributed by atoms with Crippen molar-refractivity contribution in [2.45, 2.75) is 79.2 Å². The normalized spacial score (nSPS) is 15.1. The van der Waals surface area contributed by atoms with Gasteiger partial charge >= 0.3 is 0 Å². The Labute approximate surface area is 421 Å². The third-order valence-electron chi connectivity index (χ3n) is 13.8. The maximum absolute atomic E-state index is 15.0. The van der Waals surface area contributed by atoms with Gasteiger partial charge in [0.2, 0.25) is 0 Å². The molecule has 0 N–H and O–H groups in total. The van der Waals surface area contributed by atoms with Gasteiger partial charge < -0.3 is 33.5 Å². The highest BCUT2D eigenvalue weighted by molar-refractivity contribution is 7.15. The highest BCUT2D eigenvalue weighted by Crippen LogP contribution is 2.49. The summed E-state index contributed by atoms with van der Waals surface area (Å²) >= 11 is 3.25. The first-order valence-electron chi connectivity index (χ1n) is 23.6. The number of morpholine rings is 1. The second-order valence-electron chi connectivity index (χ2n) is 19.3. The number of aromatic nitrogens is 6. The summed E-state index contributed by atoms with van der Waals surface area (Å²) < 4.78 is 36.1. The van der Waals surface area contributed by atoms with Crippen LogP contribution < -0.4 is 18.9 Å². The maximum atomic E-state index is 15.0. The number of fused-ring (bicyclic) bond motifs is 6. The van der Waals surface area contributed by atoms with Gasteiger partial charge in [0.25, 0.3) is 11.8 Å². The summed E-state index contributed by atoms with van der Waals surface area (Å²) in [5.74, 6) is 2.17. The number of amides is 2. The molecule has 0 bridgehead atoms. The van der Waals surface area contributed by atoms with Crippen molar-refractivity contribution in [2.75, 3.05) is 41.0 Å². The van der Waals surface area contributed by atoms with Gasteiger partial charge in [0, 0.05) is 98.9 Å². The van der Waals surface area contributed by atoms with Crippen LogP contribution in [0.3, 0.4) is 0 Å². The van der Waals surface area contributed by atoms with E-state index in [0.717, 1.165) is 55.6 Å². The molecule has 0 saturated carbocycles. The number of likely N-dealkylation sites (N-methyl/N-ethyl adjacent to an activating group) is 1. The number of ether oxygens (including phenoxy) is 5. The van der Waals surface area contributed by atoms with E-state index < -0.39 is 11.1 Å². The van der Waals surface area contributed by atoms with Crippen LogP contribution in [0.15, 0.2) is 77.5 Å². The molecule has 3 aliphatic heterocycles. The van der Waals surface area contributed by atoms with Crippen LogP contribution in [-0.2, 0) is 31.4 Å². The smallest absolute Gasteiger partial charge is 0.275 e. The van der Waals surface area contributed by atoms with Crippen LogP contribution in [0.4, 0.5) is 0 Å². The predicted molar refractivity (Wildman–Crippen MR) is 277 cm³/mol. The highest BCUT2D eigenvalue weighted by atomic mass is 32.1. The Hall–Kier alpha value is -6.95. The first-order chi connectivity index (χ1) is 34.1. The van der Waals surface area contributed by atoms with E-state index >= 15 is 4.79 Å². The van der Waals surface area contributed by atoms with Gasteiger partial charge in [0.1, 0.15) is 36.2 Å². The van der Waals surface area contributed by atoms with E-state index in [9.17, 15) is 4.79 Å². The largest absolute Gasteiger partial charge is 0.496 e. The second kappa shape index (κ2) is 18.3. The Balaban J connectivity index is 0.990. The number of allylic oxidation sites excluding steroid dienone is 4. The summed E-state index contributed by atoms with van der Waals surface area (Å²) in [6.45, 7) is 15.8. The molecular weight excluding hydrogens is 937 g/mol. The fourth-order valence-corrected chi connectivity index (χ4v) is 11.3. The van der Waals surface area contributed by atoms with Gasteiger partial charge in [-0.05, 0) is 96.3 Å². The molecule has 2 amide bonds. The molecule has 368 valence electrons. The van der Waals surface area contributed by atoms with Crippen molar-refractivity contribution in [3.05, 3.63) is 111 Å². The number of hydrogen-bond acceptors (Lipinski definition) is 12. The molecule has 5 aromatic heterocycles. The van der Waals surface area contributed by atoms with E-state index in [1.807, 2.05) is 134 Å². The molecule has 1 saturated heterocycles. The van der Waals surface area contributed by atoms with Crippen LogP contribution in [-0.4, -0.2) is 103 Å². The summed E-state index contributed by atoms with van der Waals surface area (Å²) in [7, 11) is 7.03. The van der Waals surface area contributed by atoms with E-state index in [4.69, 9.17) is 39.0 Å². The lowest BCUT2D eigenvalue weighted by Crippen LogP contribution is -2.55. The van der Waals surface area contributed by atoms with Crippen molar-refractivity contribution in [1.29, 1.82) is 0 Å². The number of rotatable bonds is 12. The van der Waals surface area contributed by atoms with Crippen LogP contribution in [0.5, 0.6) is 23.0 Å². The van der Waals surface area contributed by atoms with Crippen LogP contribution in [0.2, 0.25) is 0 Å². The van der Waals surface area contributed by atoms with Gasteiger partial charge in [-0.3, -0.25) is 14.3 Å². The average Bonchev–Trinajstić information content (AvgIpc) is 4.23. The fraction of sp³-hybridized carbons (Fsp3) is 0.352. The van der Waals surface area contributed by atoms with Crippen molar-refractivity contribution >= 4 is 40.2 Å². The Bertz CT molecular complexity index is 3300. The number of methoxy groups -OCH3 is 2. The molecule has 0 spiro atoms. The van der Waals surface area contributed by atoms with Gasteiger partial charge in [0.05, 0.1) is 61.4 Å². The molecular formula is C54H58N8O7S2. The molecule has 0 aliphatic carbocycles. The second-order valence-corrected chi connectivity index (χ2v) is 21.3. The summed E-state index contributed by atoms with van der Waals surface area (Å²) in [5.41, 5.74) is 8.97. The molecule has 10 rings (SSSR count). The first-order valence-corrected chi connectivity index (χ1v) is 25.4. The van der Waals surface area contributed by atoms with Crippen LogP contribution in [0.1, 0.15) is 84.2 Å². The molecule has 17 heteroatoms. The first kappa shape index (κ1) is 47.7. The van der Waals surface area contributed by atoms with Gasteiger partial charge in [-0.25, -0.2) is 9.36 Å². The summed E-state index contributed by atoms with van der Waals surface area (Å²) in [6, 6.07) is 16.2. The monoisotopic (exact) mass is 994 g/mol. The lowest BCUT2D eigenvalue weighted by molar-refractivity contribution is -0.0374. The molecule has 71 heavy (non-hydrogen) atoms. The van der Waals surface area contributed by atoms with Gasteiger partial charge in [-0.1, -0.05) is 12.2 Å². The third-order valence-corrected chi connectivity index (χ3v) is 15.5. The molecule has 3 aliphatic rings. The zero-order chi connectivity index (χ0) is 50.1. The van der Waals surface area contributed by atoms with Crippen LogP contribution in [0.25, 0.3) is 55.6 Å². The van der Waals surface area contributed by atoms with Gasteiger partial charge in [-0.2, -0.15) is 26.6 Å². The molecule has 8 heterocycles. The van der Waals surface area contributed by atoms with Crippen molar-refractivity contribution in [2.24, 2.45) is 7.05 Å². The zero-order valence-corrected chi connectivity index (χ0v) is 43.6. The minimum absolute atomic E-state index is 0.156. The summed E-state index contributed by atoms with van der Waals surface area (Å²) in [4.78, 5) is 35.3. The predicted octanol–water partition coefficient (Wildman–Crippen LogP) is 10.5. The lowest BCUT2D eigenvalue weighted by atomic mass is 9.94. The molecule has 0 unspecified atom stereocenters. The SMILES string of the molecule is C/C=C\C(=C/C)n1nc(C(=O)N(C)C(C)(C)Cc2cc(-c3cc4c(cc3OC)OCc3c(C(=O)N5CCOCC5(C)C)nn(-c5ccsc5)c3-4)nn2C)c2c1-c1cc(-c3ccc(C)s3)c(OC)cc1OC2. The Kier molecular flexibility index (Phi) is 12.3. The Morgan fingerprint density at radius 3 is 2.21 bits per heavy atom. The third kappa shape index (κ3) is 8.22. The lowest BCUT2D eigenvalue weighted by Gasteiger charge is -2.41. The van der Waals surface area contributed by atoms with Gasteiger partial charge in [-0.15, -0.1) is 11.3 Å². The van der Waals surface area contributed by atoms with Crippen molar-refractivity contribution in [3.8, 4) is 72.9 Å². The number of nitrogens with zero attached hydrogens (tertiary/aromatic N) is 8. The Morgan fingerprint density at radius 1 is 0.887 bits per heavy atom. The quantitative estimate of drug-likeness (QED) is 0.109. The van der Waals surface area contributed by atoms with Crippen molar-refractivity contribution < 1.29 is 33.3 Å². The molecule has 2 aromatic carbocycles. The summed E-state index contributed by atoms with van der Waals surface area (Å²) in [6.07, 6.45) is 6.40. The van der Waals surface area contributed by atoms with Crippen LogP contribution >= 0.6 is 22.7 Å². The van der Waals surface area contributed by atoms with E-state index in [-0.39, 0.29) is 25.0 Å². The van der Waals surface area contributed by atoms with Crippen molar-refractivity contribution in [1.82, 2.24) is 39.1 Å². The standard InChI is InChI=1S/C54H58N8O7S2/c1-12-14-32(13-2)61-49-38-23-36(46-16-15-31(3)71-46)43(66-11)25-45(38)68-27-39(49)47(56-61)51(63)58(8)53(4,5)26-34-21-41(55-59(34)9)35-22-37-44(24-42(35)65-10)69-28-40-48(52(64)60-18-19-67-30-54(60,6)7)57-62(50(37)40)33-17-20-70-29-33/h12-17,20-25,29H,18-19,26-28,30H2,1-11H3/b14-12-,32-13+. The average molecular weight is 995 g/mol. The zero-order valence-electron chi connectivity index (χ0n) is 42.0. The van der Waals surface area contributed by atoms with E-state index in [0.29, 0.717) is 77.4 Å². The maximum Gasteiger partial charge on any atom is 0.275 e. The number of hydrogen-bond donors (Lipinski definition) is 0. The Morgan fingerprint density at radius 2 is 1.58 bits per heavy atom. The van der Waals surface area contributed by atoms with Crippen LogP contribution in [0, 0.1) is 6.92 Å². The topological polar surface area (TPSA) is 140 Å². The minimum Gasteiger partial charge on any atom is -0.496 e. The number of carbonyl (C=O) groups is 2. The molecule has 7 aromatic rings. The number of aryl methyl sites for hydroxylation is 2. The van der Waals surface area contributed by atoms with E-state index in [1.54, 1.807) is 41.8 Å². The number of thiophene rings is 2. The number of carbonyl (C=O) groups excluding carboxylic acids is 2. The number of benzene rings is 2. The van der Waals surface area contributed by atoms with E-state index in [2.05, 4.69) is 25.1 Å². The van der Waals surface area contributed by atoms with Crippen molar-refractivity contribution in [3.63, 3.8) is 0 Å². The van der Waals surface area contributed by atoms with Gasteiger partial charge in [0.15, 0.2) is 11.4 Å².